The Bertz CT molecular complexity index is 1590. The van der Waals surface area contributed by atoms with Crippen LogP contribution in [-0.2, 0) is 16.7 Å². The van der Waals surface area contributed by atoms with Crippen LogP contribution in [0.15, 0.2) is 60.8 Å². The highest BCUT2D eigenvalue weighted by atomic mass is 35.5. The Labute approximate surface area is 216 Å². The number of nitrogens with one attached hydrogen (secondary N) is 1. The van der Waals surface area contributed by atoms with E-state index >= 15 is 0 Å². The average Bonchev–Trinajstić information content (AvgIpc) is 3.29. The van der Waals surface area contributed by atoms with Crippen molar-refractivity contribution in [1.29, 1.82) is 0 Å². The molecular formula is C25H21ClF2N4O4S. The molecule has 0 fully saturated rings. The summed E-state index contributed by atoms with van der Waals surface area (Å²) in [6.45, 7) is 2.02. The molecule has 0 aliphatic rings. The molecule has 192 valence electrons. The maximum atomic E-state index is 14.0. The summed E-state index contributed by atoms with van der Waals surface area (Å²) in [4.78, 5) is 13.3. The van der Waals surface area contributed by atoms with Gasteiger partial charge in [-0.15, -0.1) is 5.10 Å². The van der Waals surface area contributed by atoms with Gasteiger partial charge in [-0.2, -0.15) is 8.42 Å². The van der Waals surface area contributed by atoms with Gasteiger partial charge in [-0.25, -0.2) is 8.78 Å². The highest BCUT2D eigenvalue weighted by molar-refractivity contribution is 7.85. The molecule has 4 aromatic rings. The van der Waals surface area contributed by atoms with E-state index in [0.717, 1.165) is 12.1 Å². The minimum absolute atomic E-state index is 0.0612. The van der Waals surface area contributed by atoms with Crippen molar-refractivity contribution in [1.82, 2.24) is 15.0 Å². The molecule has 0 aliphatic heterocycles. The summed E-state index contributed by atoms with van der Waals surface area (Å²) in [6, 6.07) is 12.9. The Morgan fingerprint density at radius 2 is 1.86 bits per heavy atom. The number of hydrogen-bond donors (Lipinski definition) is 2. The number of halogens is 3. The number of ketones is 1. The van der Waals surface area contributed by atoms with Gasteiger partial charge < -0.3 is 5.32 Å². The standard InChI is InChI=1S/C25H21ClF2N4O4S/c1-15-3-4-16(24-14-32(31-30-24)9-2-10-37(34,35)36)11-20(15)25(33)19-7-6-18(13-21(19)26)29-23-8-5-17(27)12-22(23)28/h3-8,11-14,29H,2,9-10H2,1H3,(H,34,35,36). The number of aryl methyl sites for hydroxylation is 2. The third-order valence-corrected chi connectivity index (χ3v) is 6.65. The van der Waals surface area contributed by atoms with Crippen LogP contribution in [0.1, 0.15) is 27.9 Å². The molecule has 0 amide bonds. The summed E-state index contributed by atoms with van der Waals surface area (Å²) in [5.41, 5.74) is 2.92. The number of carbonyl (C=O) groups excluding carboxylic acids is 1. The van der Waals surface area contributed by atoms with Gasteiger partial charge in [0.1, 0.15) is 17.3 Å². The molecule has 2 N–H and O–H groups in total. The largest absolute Gasteiger partial charge is 0.353 e. The fourth-order valence-electron chi connectivity index (χ4n) is 3.64. The Kier molecular flexibility index (Phi) is 7.67. The SMILES string of the molecule is Cc1ccc(-c2cn(CCCS(=O)(=O)O)nn2)cc1C(=O)c1ccc(Nc2ccc(F)cc2F)cc1Cl. The average molecular weight is 547 g/mol. The Balaban J connectivity index is 1.54. The van der Waals surface area contributed by atoms with E-state index < -0.39 is 21.8 Å². The number of rotatable bonds is 9. The van der Waals surface area contributed by atoms with Crippen molar-refractivity contribution >= 4 is 38.9 Å². The predicted octanol–water partition coefficient (Wildman–Crippen LogP) is 5.44. The lowest BCUT2D eigenvalue weighted by molar-refractivity contribution is 0.103. The van der Waals surface area contributed by atoms with Crippen LogP contribution < -0.4 is 5.32 Å². The maximum absolute atomic E-state index is 14.0. The predicted molar refractivity (Wildman–Crippen MR) is 136 cm³/mol. The van der Waals surface area contributed by atoms with Gasteiger partial charge >= 0.3 is 0 Å². The van der Waals surface area contributed by atoms with Crippen molar-refractivity contribution in [2.24, 2.45) is 0 Å². The monoisotopic (exact) mass is 546 g/mol. The van der Waals surface area contributed by atoms with Crippen LogP contribution >= 0.6 is 11.6 Å². The first-order chi connectivity index (χ1) is 17.5. The molecule has 0 saturated carbocycles. The van der Waals surface area contributed by atoms with E-state index in [2.05, 4.69) is 15.6 Å². The van der Waals surface area contributed by atoms with E-state index in [1.807, 2.05) is 0 Å². The summed E-state index contributed by atoms with van der Waals surface area (Å²) in [5, 5.41) is 11.0. The second-order valence-electron chi connectivity index (χ2n) is 8.31. The van der Waals surface area contributed by atoms with Crippen molar-refractivity contribution in [3.05, 3.63) is 94.1 Å². The van der Waals surface area contributed by atoms with Crippen LogP contribution in [-0.4, -0.2) is 39.5 Å². The minimum Gasteiger partial charge on any atom is -0.353 e. The van der Waals surface area contributed by atoms with Gasteiger partial charge in [0.15, 0.2) is 5.78 Å². The topological polar surface area (TPSA) is 114 Å². The first-order valence-electron chi connectivity index (χ1n) is 11.0. The smallest absolute Gasteiger partial charge is 0.264 e. The quantitative estimate of drug-likeness (QED) is 0.212. The van der Waals surface area contributed by atoms with E-state index in [9.17, 15) is 22.0 Å². The summed E-state index contributed by atoms with van der Waals surface area (Å²) in [6.07, 6.45) is 1.78. The summed E-state index contributed by atoms with van der Waals surface area (Å²) in [7, 11) is -4.06. The second-order valence-corrected chi connectivity index (χ2v) is 10.3. The number of hydrogen-bond acceptors (Lipinski definition) is 6. The third-order valence-electron chi connectivity index (χ3n) is 5.53. The number of nitrogens with zero attached hydrogens (tertiary/aromatic N) is 3. The zero-order valence-corrected chi connectivity index (χ0v) is 21.0. The van der Waals surface area contributed by atoms with Gasteiger partial charge in [-0.05, 0) is 55.3 Å². The third kappa shape index (κ3) is 6.56. The van der Waals surface area contributed by atoms with Crippen molar-refractivity contribution in [3.63, 3.8) is 0 Å². The van der Waals surface area contributed by atoms with Crippen LogP contribution in [0.4, 0.5) is 20.2 Å². The van der Waals surface area contributed by atoms with E-state index in [1.54, 1.807) is 37.4 Å². The van der Waals surface area contributed by atoms with Crippen LogP contribution in [0, 0.1) is 18.6 Å². The molecule has 12 heteroatoms. The molecular weight excluding hydrogens is 526 g/mol. The number of carbonyl (C=O) groups is 1. The molecule has 4 rings (SSSR count). The van der Waals surface area contributed by atoms with Crippen LogP contribution in [0.25, 0.3) is 11.3 Å². The molecule has 1 aromatic heterocycles. The summed E-state index contributed by atoms with van der Waals surface area (Å²) >= 11 is 6.40. The molecule has 0 unspecified atom stereocenters. The highest BCUT2D eigenvalue weighted by Gasteiger charge is 2.18. The molecule has 0 spiro atoms. The lowest BCUT2D eigenvalue weighted by atomic mass is 9.96. The van der Waals surface area contributed by atoms with E-state index in [-0.39, 0.29) is 40.8 Å². The number of benzene rings is 3. The lowest BCUT2D eigenvalue weighted by Crippen LogP contribution is -2.08. The molecule has 0 aliphatic carbocycles. The van der Waals surface area contributed by atoms with Crippen molar-refractivity contribution in [2.45, 2.75) is 19.9 Å². The zero-order valence-electron chi connectivity index (χ0n) is 19.5. The highest BCUT2D eigenvalue weighted by Crippen LogP contribution is 2.29. The van der Waals surface area contributed by atoms with E-state index in [0.29, 0.717) is 28.1 Å². The fourth-order valence-corrected chi connectivity index (χ4v) is 4.40. The first-order valence-corrected chi connectivity index (χ1v) is 13.0. The van der Waals surface area contributed by atoms with E-state index in [1.165, 1.54) is 22.9 Å². The lowest BCUT2D eigenvalue weighted by Gasteiger charge is -2.12. The van der Waals surface area contributed by atoms with Gasteiger partial charge in [0.2, 0.25) is 0 Å². The van der Waals surface area contributed by atoms with Gasteiger partial charge in [-0.1, -0.05) is 28.9 Å². The van der Waals surface area contributed by atoms with Gasteiger partial charge in [0.25, 0.3) is 10.1 Å². The molecule has 0 bridgehead atoms. The normalized spacial score (nSPS) is 11.5. The molecule has 8 nitrogen and oxygen atoms in total. The number of anilines is 2. The first kappa shape index (κ1) is 26.4. The second kappa shape index (κ2) is 10.8. The summed E-state index contributed by atoms with van der Waals surface area (Å²) in [5.74, 6) is -2.18. The Hall–Kier alpha value is -3.67. The Morgan fingerprint density at radius 1 is 1.08 bits per heavy atom. The van der Waals surface area contributed by atoms with Crippen molar-refractivity contribution < 1.29 is 26.5 Å². The van der Waals surface area contributed by atoms with Crippen LogP contribution in [0.3, 0.4) is 0 Å². The summed E-state index contributed by atoms with van der Waals surface area (Å²) < 4.78 is 59.2. The molecule has 0 atom stereocenters. The number of aromatic nitrogens is 3. The molecule has 37 heavy (non-hydrogen) atoms. The van der Waals surface area contributed by atoms with Gasteiger partial charge in [0, 0.05) is 35.0 Å². The minimum atomic E-state index is -4.06. The van der Waals surface area contributed by atoms with Gasteiger partial charge in [-0.3, -0.25) is 14.0 Å². The molecule has 1 heterocycles. The maximum Gasteiger partial charge on any atom is 0.264 e. The van der Waals surface area contributed by atoms with Crippen molar-refractivity contribution in [2.75, 3.05) is 11.1 Å². The van der Waals surface area contributed by atoms with Crippen molar-refractivity contribution in [3.8, 4) is 11.3 Å². The molecule has 0 saturated heterocycles. The molecule has 0 radical (unpaired) electrons. The fraction of sp³-hybridized carbons (Fsp3) is 0.160. The van der Waals surface area contributed by atoms with E-state index in [4.69, 9.17) is 16.2 Å². The van der Waals surface area contributed by atoms with Crippen LogP contribution in [0.5, 0.6) is 0 Å². The van der Waals surface area contributed by atoms with Crippen LogP contribution in [0.2, 0.25) is 5.02 Å². The molecule has 3 aromatic carbocycles. The Morgan fingerprint density at radius 3 is 2.57 bits per heavy atom. The zero-order chi connectivity index (χ0) is 26.7. The van der Waals surface area contributed by atoms with Gasteiger partial charge in [0.05, 0.1) is 22.7 Å².